The van der Waals surface area contributed by atoms with Crippen LogP contribution in [-0.4, -0.2) is 30.9 Å². The van der Waals surface area contributed by atoms with Crippen LogP contribution in [0.1, 0.15) is 29.7 Å². The van der Waals surface area contributed by atoms with Gasteiger partial charge in [-0.2, -0.15) is 0 Å². The van der Waals surface area contributed by atoms with Crippen molar-refractivity contribution in [2.45, 2.75) is 19.9 Å². The number of thiazole rings is 1. The lowest BCUT2D eigenvalue weighted by molar-refractivity contribution is -0.130. The quantitative estimate of drug-likeness (QED) is 0.0992. The molecule has 0 spiro atoms. The van der Waals surface area contributed by atoms with Crippen LogP contribution in [-0.2, 0) is 4.79 Å². The number of halogens is 1. The Labute approximate surface area is 280 Å². The van der Waals surface area contributed by atoms with Crippen LogP contribution in [0.25, 0.3) is 6.08 Å². The van der Waals surface area contributed by atoms with Gasteiger partial charge in [-0.05, 0) is 67.4 Å². The minimum atomic E-state index is -0.734. The molecular weight excluding hydrogens is 636 g/mol. The summed E-state index contributed by atoms with van der Waals surface area (Å²) in [6.07, 6.45) is 1.73. The van der Waals surface area contributed by atoms with E-state index in [0.717, 1.165) is 16.9 Å². The van der Waals surface area contributed by atoms with E-state index in [0.29, 0.717) is 49.5 Å². The third-order valence-corrected chi connectivity index (χ3v) is 8.74. The van der Waals surface area contributed by atoms with Crippen molar-refractivity contribution in [1.29, 1.82) is 0 Å². The van der Waals surface area contributed by atoms with E-state index in [1.165, 1.54) is 18.4 Å². The summed E-state index contributed by atoms with van der Waals surface area (Å²) in [4.78, 5) is 32.8. The Bertz CT molecular complexity index is 2120. The van der Waals surface area contributed by atoms with E-state index in [4.69, 9.17) is 30.5 Å². The SMILES string of the molecule is COc1cc(/C=c2/sc3n(c2=O)C(c2ccccc2)C(C(=O)Oc2ccccc2)=C(C)N=3)cc(Cl)c1OCCOc1ccc(C)cc1. The fraction of sp³-hybridized carbons (Fsp3) is 0.162. The zero-order valence-electron chi connectivity index (χ0n) is 25.9. The predicted molar refractivity (Wildman–Crippen MR) is 182 cm³/mol. The molecule has 6 rings (SSSR count). The van der Waals surface area contributed by atoms with Gasteiger partial charge in [0.2, 0.25) is 0 Å². The average molecular weight is 667 g/mol. The maximum atomic E-state index is 14.1. The Kier molecular flexibility index (Phi) is 9.56. The second-order valence-electron chi connectivity index (χ2n) is 10.7. The highest BCUT2D eigenvalue weighted by Crippen LogP contribution is 2.37. The van der Waals surface area contributed by atoms with Gasteiger partial charge in [0.1, 0.15) is 24.7 Å². The lowest BCUT2D eigenvalue weighted by Crippen LogP contribution is -2.40. The largest absolute Gasteiger partial charge is 0.493 e. The number of methoxy groups -OCH3 is 1. The first-order chi connectivity index (χ1) is 22.8. The number of fused-ring (bicyclic) bond motifs is 1. The molecule has 0 bridgehead atoms. The number of aryl methyl sites for hydroxylation is 1. The molecule has 1 unspecified atom stereocenters. The van der Waals surface area contributed by atoms with E-state index >= 15 is 0 Å². The number of nitrogens with zero attached hydrogens (tertiary/aromatic N) is 2. The highest BCUT2D eigenvalue weighted by atomic mass is 35.5. The summed E-state index contributed by atoms with van der Waals surface area (Å²) in [5, 5.41) is 0.322. The van der Waals surface area contributed by atoms with E-state index in [-0.39, 0.29) is 17.7 Å². The second-order valence-corrected chi connectivity index (χ2v) is 12.2. The number of aromatic nitrogens is 1. The molecule has 0 amide bonds. The topological polar surface area (TPSA) is 88.4 Å². The summed E-state index contributed by atoms with van der Waals surface area (Å²) >= 11 is 7.88. The third-order valence-electron chi connectivity index (χ3n) is 7.48. The average Bonchev–Trinajstić information content (AvgIpc) is 3.38. The van der Waals surface area contributed by atoms with Crippen LogP contribution in [0.2, 0.25) is 5.02 Å². The number of esters is 1. The zero-order chi connectivity index (χ0) is 32.9. The monoisotopic (exact) mass is 666 g/mol. The third kappa shape index (κ3) is 7.01. The maximum Gasteiger partial charge on any atom is 0.343 e. The minimum Gasteiger partial charge on any atom is -0.493 e. The van der Waals surface area contributed by atoms with Gasteiger partial charge in [-0.3, -0.25) is 9.36 Å². The second kappa shape index (κ2) is 14.1. The van der Waals surface area contributed by atoms with Crippen molar-refractivity contribution < 1.29 is 23.7 Å². The number of allylic oxidation sites excluding steroid dienone is 1. The standard InChI is InChI=1S/C37H31ClN2O6S/c1-23-14-16-27(17-15-23)44-18-19-45-34-29(38)20-25(21-30(34)43-3)22-31-35(41)40-33(26-10-6-4-7-11-26)32(24(2)39-37(40)47-31)36(42)46-28-12-8-5-9-13-28/h4-17,20-22,33H,18-19H2,1-3H3/b31-22+. The molecule has 0 radical (unpaired) electrons. The molecule has 0 N–H and O–H groups in total. The minimum absolute atomic E-state index is 0.246. The van der Waals surface area contributed by atoms with Gasteiger partial charge in [-0.1, -0.05) is 89.2 Å². The van der Waals surface area contributed by atoms with E-state index < -0.39 is 12.0 Å². The molecule has 238 valence electrons. The molecule has 5 aromatic rings. The fourth-order valence-corrected chi connectivity index (χ4v) is 6.56. The number of hydrogen-bond acceptors (Lipinski definition) is 8. The van der Waals surface area contributed by atoms with Crippen LogP contribution in [0.5, 0.6) is 23.0 Å². The lowest BCUT2D eigenvalue weighted by atomic mass is 9.96. The van der Waals surface area contributed by atoms with Crippen molar-refractivity contribution in [1.82, 2.24) is 4.57 Å². The smallest absolute Gasteiger partial charge is 0.343 e. The van der Waals surface area contributed by atoms with Crippen LogP contribution in [0.4, 0.5) is 0 Å². The molecule has 1 aliphatic heterocycles. The molecule has 1 aliphatic rings. The van der Waals surface area contributed by atoms with Crippen molar-refractivity contribution in [3.63, 3.8) is 0 Å². The number of rotatable bonds is 10. The molecule has 0 saturated carbocycles. The molecule has 2 heterocycles. The van der Waals surface area contributed by atoms with Gasteiger partial charge in [0.05, 0.1) is 34.0 Å². The van der Waals surface area contributed by atoms with Gasteiger partial charge in [0, 0.05) is 0 Å². The van der Waals surface area contributed by atoms with Crippen LogP contribution >= 0.6 is 22.9 Å². The van der Waals surface area contributed by atoms with Crippen LogP contribution in [0, 0.1) is 6.92 Å². The summed E-state index contributed by atoms with van der Waals surface area (Å²) < 4.78 is 25.0. The molecule has 1 aromatic heterocycles. The van der Waals surface area contributed by atoms with Crippen LogP contribution < -0.4 is 33.8 Å². The van der Waals surface area contributed by atoms with Crippen LogP contribution in [0.3, 0.4) is 0 Å². The number of carbonyl (C=O) groups excluding carboxylic acids is 1. The number of ether oxygens (including phenoxy) is 4. The first-order valence-corrected chi connectivity index (χ1v) is 16.1. The van der Waals surface area contributed by atoms with Crippen molar-refractivity contribution >= 4 is 35.0 Å². The molecule has 1 atom stereocenters. The normalized spacial score (nSPS) is 14.3. The first kappa shape index (κ1) is 31.8. The molecule has 0 fully saturated rings. The molecule has 47 heavy (non-hydrogen) atoms. The van der Waals surface area contributed by atoms with Gasteiger partial charge in [0.25, 0.3) is 5.56 Å². The highest BCUT2D eigenvalue weighted by Gasteiger charge is 2.33. The van der Waals surface area contributed by atoms with Crippen molar-refractivity contribution in [2.24, 2.45) is 4.99 Å². The maximum absolute atomic E-state index is 14.1. The Hall–Kier alpha value is -5.12. The first-order valence-electron chi connectivity index (χ1n) is 14.9. The summed E-state index contributed by atoms with van der Waals surface area (Å²) in [7, 11) is 1.53. The van der Waals surface area contributed by atoms with E-state index in [9.17, 15) is 9.59 Å². The fourth-order valence-electron chi connectivity index (χ4n) is 5.24. The Balaban J connectivity index is 1.31. The summed E-state index contributed by atoms with van der Waals surface area (Å²) in [5.41, 5.74) is 3.01. The predicted octanol–water partition coefficient (Wildman–Crippen LogP) is 6.27. The van der Waals surface area contributed by atoms with Crippen molar-refractivity contribution in [3.05, 3.63) is 150 Å². The highest BCUT2D eigenvalue weighted by molar-refractivity contribution is 7.07. The van der Waals surface area contributed by atoms with Gasteiger partial charge in [0.15, 0.2) is 16.3 Å². The number of para-hydroxylation sites is 1. The summed E-state index contributed by atoms with van der Waals surface area (Å²) in [6, 6.07) is 28.7. The van der Waals surface area contributed by atoms with Crippen LogP contribution in [0.15, 0.2) is 118 Å². The lowest BCUT2D eigenvalue weighted by Gasteiger charge is -2.24. The van der Waals surface area contributed by atoms with Gasteiger partial charge in [-0.15, -0.1) is 0 Å². The van der Waals surface area contributed by atoms with Gasteiger partial charge >= 0.3 is 5.97 Å². The Morgan fingerprint density at radius 1 is 0.915 bits per heavy atom. The summed E-state index contributed by atoms with van der Waals surface area (Å²) in [5.74, 6) is 1.37. The van der Waals surface area contributed by atoms with Gasteiger partial charge in [-0.25, -0.2) is 9.79 Å². The summed E-state index contributed by atoms with van der Waals surface area (Å²) in [6.45, 7) is 4.33. The number of benzene rings is 4. The molecule has 10 heteroatoms. The molecule has 8 nitrogen and oxygen atoms in total. The van der Waals surface area contributed by atoms with E-state index in [1.807, 2.05) is 67.6 Å². The van der Waals surface area contributed by atoms with Crippen molar-refractivity contribution in [3.8, 4) is 23.0 Å². The Morgan fingerprint density at radius 2 is 1.60 bits per heavy atom. The number of hydrogen-bond donors (Lipinski definition) is 0. The van der Waals surface area contributed by atoms with Crippen molar-refractivity contribution in [2.75, 3.05) is 20.3 Å². The van der Waals surface area contributed by atoms with Gasteiger partial charge < -0.3 is 18.9 Å². The van der Waals surface area contributed by atoms with E-state index in [2.05, 4.69) is 4.99 Å². The molecule has 0 aliphatic carbocycles. The zero-order valence-corrected chi connectivity index (χ0v) is 27.5. The Morgan fingerprint density at radius 3 is 2.30 bits per heavy atom. The molecular formula is C37H31ClN2O6S. The van der Waals surface area contributed by atoms with E-state index in [1.54, 1.807) is 54.0 Å². The number of carbonyl (C=O) groups is 1. The molecule has 4 aromatic carbocycles. The molecule has 0 saturated heterocycles.